The van der Waals surface area contributed by atoms with E-state index in [0.717, 1.165) is 22.4 Å². The van der Waals surface area contributed by atoms with Crippen LogP contribution in [0.25, 0.3) is 44.3 Å². The first kappa shape index (κ1) is 39.3. The Morgan fingerprint density at radius 2 is 0.878 bits per heavy atom. The van der Waals surface area contributed by atoms with E-state index in [-0.39, 0.29) is 25.9 Å². The van der Waals surface area contributed by atoms with Gasteiger partial charge in [0.05, 0.1) is 28.3 Å². The van der Waals surface area contributed by atoms with Gasteiger partial charge in [-0.2, -0.15) is 0 Å². The van der Waals surface area contributed by atoms with Gasteiger partial charge in [0.2, 0.25) is 0 Å². The minimum atomic E-state index is 0. The van der Waals surface area contributed by atoms with Crippen molar-refractivity contribution >= 4 is 27.6 Å². The molecule has 0 amide bonds. The smallest absolute Gasteiger partial charge is 0.0873 e. The Kier molecular flexibility index (Phi) is 17.4. The van der Waals surface area contributed by atoms with Crippen LogP contribution in [-0.4, -0.2) is 15.8 Å². The summed E-state index contributed by atoms with van der Waals surface area (Å²) in [5.41, 5.74) is 14.2. The second-order valence-corrected chi connectivity index (χ2v) is 12.5. The van der Waals surface area contributed by atoms with Gasteiger partial charge in [-0.05, 0) is 68.0 Å². The number of amidine groups is 1. The first-order valence-electron chi connectivity index (χ1n) is 17.7. The number of nitrogens with two attached hydrogens (primary N) is 1. The van der Waals surface area contributed by atoms with Gasteiger partial charge in [0.25, 0.3) is 0 Å². The first-order chi connectivity index (χ1) is 23.5. The van der Waals surface area contributed by atoms with Crippen molar-refractivity contribution in [3.05, 3.63) is 132 Å². The molecule has 0 saturated carbocycles. The maximum atomic E-state index is 6.28. The SMILES string of the molecule is CC(=N)N.CCCCCCc1ccc(-c2ccc3ccccc3n2)cc1.CCCCCCc1ccc(-c2ccc3ccccc3n2)cc1.[Ir]. The molecule has 6 rings (SSSR count). The van der Waals surface area contributed by atoms with Gasteiger partial charge in [-0.3, -0.25) is 5.41 Å². The van der Waals surface area contributed by atoms with Crippen LogP contribution in [0.3, 0.4) is 0 Å². The molecule has 0 fully saturated rings. The van der Waals surface area contributed by atoms with Crippen LogP contribution in [-0.2, 0) is 32.9 Å². The van der Waals surface area contributed by atoms with E-state index in [0.29, 0.717) is 0 Å². The van der Waals surface area contributed by atoms with Crippen molar-refractivity contribution in [1.29, 1.82) is 5.41 Å². The monoisotopic (exact) mass is 829 g/mol. The summed E-state index contributed by atoms with van der Waals surface area (Å²) in [4.78, 5) is 9.52. The molecule has 0 aliphatic carbocycles. The van der Waals surface area contributed by atoms with Crippen LogP contribution in [0, 0.1) is 5.41 Å². The number of nitrogens with zero attached hydrogens (tertiary/aromatic N) is 2. The predicted octanol–water partition coefficient (Wildman–Crippen LogP) is 12.0. The van der Waals surface area contributed by atoms with E-state index < -0.39 is 0 Å². The van der Waals surface area contributed by atoms with Crippen molar-refractivity contribution < 1.29 is 20.1 Å². The van der Waals surface area contributed by atoms with Gasteiger partial charge >= 0.3 is 0 Å². The minimum absolute atomic E-state index is 0. The number of fused-ring (bicyclic) bond motifs is 2. The van der Waals surface area contributed by atoms with Crippen molar-refractivity contribution in [2.75, 3.05) is 0 Å². The Morgan fingerprint density at radius 3 is 1.24 bits per heavy atom. The van der Waals surface area contributed by atoms with Gasteiger partial charge in [0.15, 0.2) is 0 Å². The third-order valence-electron chi connectivity index (χ3n) is 8.33. The molecule has 1 radical (unpaired) electrons. The van der Waals surface area contributed by atoms with Crippen LogP contribution in [0.4, 0.5) is 0 Å². The second-order valence-electron chi connectivity index (χ2n) is 12.5. The maximum absolute atomic E-state index is 6.28. The Hall–Kier alpha value is -4.18. The molecule has 0 aliphatic rings. The van der Waals surface area contributed by atoms with Crippen molar-refractivity contribution in [1.82, 2.24) is 9.97 Å². The average molecular weight is 829 g/mol. The first-order valence-corrected chi connectivity index (χ1v) is 17.7. The summed E-state index contributed by atoms with van der Waals surface area (Å²) >= 11 is 0. The van der Waals surface area contributed by atoms with E-state index in [1.807, 2.05) is 12.1 Å². The Labute approximate surface area is 307 Å². The second kappa shape index (κ2) is 21.7. The van der Waals surface area contributed by atoms with Crippen molar-refractivity contribution in [2.45, 2.75) is 85.0 Å². The molecule has 5 heteroatoms. The van der Waals surface area contributed by atoms with Gasteiger partial charge in [-0.25, -0.2) is 9.97 Å². The zero-order valence-corrected chi connectivity index (χ0v) is 31.8. The van der Waals surface area contributed by atoms with Crippen molar-refractivity contribution in [3.63, 3.8) is 0 Å². The van der Waals surface area contributed by atoms with Crippen molar-refractivity contribution in [3.8, 4) is 22.5 Å². The van der Waals surface area contributed by atoms with Crippen LogP contribution in [0.15, 0.2) is 121 Å². The zero-order chi connectivity index (χ0) is 34.0. The summed E-state index contributed by atoms with van der Waals surface area (Å²) in [6.07, 6.45) is 12.9. The molecular weight excluding hydrogens is 777 g/mol. The van der Waals surface area contributed by atoms with Crippen LogP contribution in [0.2, 0.25) is 0 Å². The number of unbranched alkanes of at least 4 members (excludes halogenated alkanes) is 6. The molecule has 257 valence electrons. The summed E-state index contributed by atoms with van der Waals surface area (Å²) in [5, 5.41) is 8.66. The molecule has 4 aromatic carbocycles. The number of pyridine rings is 2. The van der Waals surface area contributed by atoms with Gasteiger partial charge < -0.3 is 5.73 Å². The van der Waals surface area contributed by atoms with Gasteiger partial charge in [-0.1, -0.05) is 149 Å². The minimum Gasteiger partial charge on any atom is -0.388 e. The molecule has 0 spiro atoms. The molecule has 4 nitrogen and oxygen atoms in total. The van der Waals surface area contributed by atoms with Crippen LogP contribution in [0.1, 0.15) is 83.3 Å². The Bertz CT molecular complexity index is 1700. The Balaban J connectivity index is 0.000000235. The van der Waals surface area contributed by atoms with E-state index in [2.05, 4.69) is 123 Å². The molecule has 3 N–H and O–H groups in total. The number of benzene rings is 4. The molecular formula is C44H52IrN4. The number of hydrogen-bond acceptors (Lipinski definition) is 3. The van der Waals surface area contributed by atoms with E-state index in [1.54, 1.807) is 0 Å². The topological polar surface area (TPSA) is 75.7 Å². The molecule has 2 heterocycles. The standard InChI is InChI=1S/2C21H23N.C2H6N2.Ir/c2*1-2-3-4-5-8-17-11-13-19(14-12-17)21-16-15-18-9-6-7-10-20(18)22-21;1-2(3)4;/h2*6-7,9-16H,2-5,8H2,1H3;1H3,(H3,3,4);. The Morgan fingerprint density at radius 1 is 0.510 bits per heavy atom. The van der Waals surface area contributed by atoms with Crippen LogP contribution >= 0.6 is 0 Å². The van der Waals surface area contributed by atoms with E-state index in [1.165, 1.54) is 104 Å². The molecule has 0 aliphatic heterocycles. The number of para-hydroxylation sites is 2. The van der Waals surface area contributed by atoms with Gasteiger partial charge in [0, 0.05) is 42.0 Å². The summed E-state index contributed by atoms with van der Waals surface area (Å²) in [6.45, 7) is 6.04. The fourth-order valence-corrected chi connectivity index (χ4v) is 5.65. The zero-order valence-electron chi connectivity index (χ0n) is 29.4. The summed E-state index contributed by atoms with van der Waals surface area (Å²) in [6, 6.07) is 42.8. The third kappa shape index (κ3) is 13.3. The maximum Gasteiger partial charge on any atom is 0.0873 e. The largest absolute Gasteiger partial charge is 0.388 e. The fourth-order valence-electron chi connectivity index (χ4n) is 5.65. The normalized spacial score (nSPS) is 10.3. The summed E-state index contributed by atoms with van der Waals surface area (Å²) < 4.78 is 0. The quantitative estimate of drug-likeness (QED) is 0.0733. The number of nitrogens with one attached hydrogen (secondary N) is 1. The molecule has 0 unspecified atom stereocenters. The summed E-state index contributed by atoms with van der Waals surface area (Å²) in [5.74, 6) is 0.167. The van der Waals surface area contributed by atoms with Crippen LogP contribution in [0.5, 0.6) is 0 Å². The number of rotatable bonds is 12. The van der Waals surface area contributed by atoms with Gasteiger partial charge in [-0.15, -0.1) is 0 Å². The van der Waals surface area contributed by atoms with Gasteiger partial charge in [0.1, 0.15) is 0 Å². The predicted molar refractivity (Wildman–Crippen MR) is 208 cm³/mol. The average Bonchev–Trinajstić information content (AvgIpc) is 3.12. The molecule has 49 heavy (non-hydrogen) atoms. The van der Waals surface area contributed by atoms with E-state index in [9.17, 15) is 0 Å². The van der Waals surface area contributed by atoms with E-state index >= 15 is 0 Å². The molecule has 6 aromatic rings. The summed E-state index contributed by atoms with van der Waals surface area (Å²) in [7, 11) is 0. The van der Waals surface area contributed by atoms with Crippen LogP contribution < -0.4 is 5.73 Å². The third-order valence-corrected chi connectivity index (χ3v) is 8.33. The fraction of sp³-hybridized carbons (Fsp3) is 0.295. The molecule has 0 bridgehead atoms. The molecule has 0 atom stereocenters. The number of hydrogen-bond donors (Lipinski definition) is 2. The number of aryl methyl sites for hydroxylation is 2. The van der Waals surface area contributed by atoms with E-state index in [4.69, 9.17) is 21.1 Å². The molecule has 0 saturated heterocycles. The molecule has 2 aromatic heterocycles. The number of aromatic nitrogens is 2. The van der Waals surface area contributed by atoms with Crippen molar-refractivity contribution in [2.24, 2.45) is 5.73 Å².